The fourth-order valence-corrected chi connectivity index (χ4v) is 4.11. The van der Waals surface area contributed by atoms with Crippen molar-refractivity contribution in [2.45, 2.75) is 6.92 Å². The lowest BCUT2D eigenvalue weighted by Crippen LogP contribution is -2.44. The second-order valence-corrected chi connectivity index (χ2v) is 8.39. The predicted octanol–water partition coefficient (Wildman–Crippen LogP) is 3.44. The van der Waals surface area contributed by atoms with E-state index in [4.69, 9.17) is 4.74 Å². The summed E-state index contributed by atoms with van der Waals surface area (Å²) >= 11 is 1.29. The number of benzene rings is 1. The Morgan fingerprint density at radius 3 is 2.53 bits per heavy atom. The summed E-state index contributed by atoms with van der Waals surface area (Å²) in [6.07, 6.45) is 1.34. The maximum absolute atomic E-state index is 13.0. The van der Waals surface area contributed by atoms with E-state index in [1.165, 1.54) is 17.5 Å². The van der Waals surface area contributed by atoms with Crippen molar-refractivity contribution in [2.24, 2.45) is 0 Å². The lowest BCUT2D eigenvalue weighted by molar-refractivity contribution is 0.0522. The molecule has 9 heteroatoms. The van der Waals surface area contributed by atoms with Crippen molar-refractivity contribution < 1.29 is 14.3 Å². The maximum Gasteiger partial charge on any atom is 0.342 e. The summed E-state index contributed by atoms with van der Waals surface area (Å²) in [5.74, 6) is -0.709. The summed E-state index contributed by atoms with van der Waals surface area (Å²) in [4.78, 5) is 39.1. The van der Waals surface area contributed by atoms with Crippen LogP contribution in [-0.2, 0) is 4.74 Å². The van der Waals surface area contributed by atoms with Crippen molar-refractivity contribution in [1.82, 2.24) is 14.9 Å². The molecule has 0 saturated carbocycles. The highest BCUT2D eigenvalue weighted by molar-refractivity contribution is 7.12. The van der Waals surface area contributed by atoms with Crippen LogP contribution in [0.2, 0.25) is 0 Å². The average Bonchev–Trinajstić information content (AvgIpc) is 3.35. The van der Waals surface area contributed by atoms with E-state index in [1.54, 1.807) is 24.4 Å². The van der Waals surface area contributed by atoms with Crippen LogP contribution in [0.3, 0.4) is 0 Å². The number of carbonyl (C=O) groups excluding carboxylic acids is 2. The zero-order valence-electron chi connectivity index (χ0n) is 18.1. The number of ketones is 1. The van der Waals surface area contributed by atoms with Crippen LogP contribution in [0.15, 0.2) is 48.0 Å². The zero-order chi connectivity index (χ0) is 22.5. The highest BCUT2D eigenvalue weighted by Crippen LogP contribution is 2.23. The van der Waals surface area contributed by atoms with E-state index in [2.05, 4.69) is 44.3 Å². The van der Waals surface area contributed by atoms with E-state index >= 15 is 0 Å². The number of piperazine rings is 1. The minimum atomic E-state index is -0.615. The van der Waals surface area contributed by atoms with Gasteiger partial charge in [-0.15, -0.1) is 11.3 Å². The molecule has 166 valence electrons. The van der Waals surface area contributed by atoms with Gasteiger partial charge in [0.1, 0.15) is 11.3 Å². The Labute approximate surface area is 190 Å². The number of anilines is 3. The number of hydrogen-bond donors (Lipinski definition) is 1. The second kappa shape index (κ2) is 9.88. The maximum atomic E-state index is 13.0. The molecular formula is C23H25N5O3S. The third kappa shape index (κ3) is 4.95. The second-order valence-electron chi connectivity index (χ2n) is 7.44. The van der Waals surface area contributed by atoms with Crippen LogP contribution in [0.4, 0.5) is 17.3 Å². The first kappa shape index (κ1) is 21.9. The van der Waals surface area contributed by atoms with Crippen LogP contribution < -0.4 is 10.2 Å². The van der Waals surface area contributed by atoms with Crippen LogP contribution in [0, 0.1) is 0 Å². The van der Waals surface area contributed by atoms with Crippen molar-refractivity contribution in [3.8, 4) is 0 Å². The van der Waals surface area contributed by atoms with Crippen molar-refractivity contribution in [3.63, 3.8) is 0 Å². The number of ether oxygens (including phenoxy) is 1. The quantitative estimate of drug-likeness (QED) is 0.432. The minimum Gasteiger partial charge on any atom is -0.462 e. The summed E-state index contributed by atoms with van der Waals surface area (Å²) in [7, 11) is 2.13. The van der Waals surface area contributed by atoms with Crippen molar-refractivity contribution in [3.05, 3.63) is 64.1 Å². The summed E-state index contributed by atoms with van der Waals surface area (Å²) in [6, 6.07) is 11.5. The van der Waals surface area contributed by atoms with Crippen LogP contribution >= 0.6 is 11.3 Å². The minimum absolute atomic E-state index is 0.0254. The number of nitrogens with one attached hydrogen (secondary N) is 1. The largest absolute Gasteiger partial charge is 0.462 e. The highest BCUT2D eigenvalue weighted by atomic mass is 32.1. The third-order valence-corrected chi connectivity index (χ3v) is 6.10. The van der Waals surface area contributed by atoms with Gasteiger partial charge in [0.2, 0.25) is 11.7 Å². The van der Waals surface area contributed by atoms with E-state index in [0.29, 0.717) is 4.88 Å². The molecule has 3 heterocycles. The van der Waals surface area contributed by atoms with Crippen LogP contribution in [0.25, 0.3) is 0 Å². The summed E-state index contributed by atoms with van der Waals surface area (Å²) < 4.78 is 5.08. The van der Waals surface area contributed by atoms with Crippen LogP contribution in [0.5, 0.6) is 0 Å². The first-order chi connectivity index (χ1) is 15.5. The molecule has 3 aromatic rings. The molecule has 8 nitrogen and oxygen atoms in total. The standard InChI is InChI=1S/C23H25N5O3S/c1-3-31-22(30)18-15-24-23(26-20(18)21(29)19-5-4-14-32-19)25-16-6-8-17(9-7-16)28-12-10-27(2)11-13-28/h4-9,14-15H,3,10-13H2,1-2H3,(H,24,25,26). The number of thiophene rings is 1. The fourth-order valence-electron chi connectivity index (χ4n) is 3.45. The molecule has 1 saturated heterocycles. The molecule has 0 unspecified atom stereocenters. The van der Waals surface area contributed by atoms with E-state index in [0.717, 1.165) is 37.6 Å². The normalized spacial score (nSPS) is 14.2. The van der Waals surface area contributed by atoms with Crippen molar-refractivity contribution in [2.75, 3.05) is 50.1 Å². The van der Waals surface area contributed by atoms with Gasteiger partial charge in [0, 0.05) is 43.8 Å². The smallest absolute Gasteiger partial charge is 0.342 e. The number of rotatable bonds is 7. The average molecular weight is 452 g/mol. The lowest BCUT2D eigenvalue weighted by atomic mass is 10.1. The first-order valence-corrected chi connectivity index (χ1v) is 11.4. The van der Waals surface area contributed by atoms with Gasteiger partial charge in [-0.2, -0.15) is 0 Å². The van der Waals surface area contributed by atoms with E-state index in [-0.39, 0.29) is 29.6 Å². The third-order valence-electron chi connectivity index (χ3n) is 5.24. The SMILES string of the molecule is CCOC(=O)c1cnc(Nc2ccc(N3CCN(C)CC3)cc2)nc1C(=O)c1cccs1. The Kier molecular flexibility index (Phi) is 6.77. The molecule has 1 N–H and O–H groups in total. The Morgan fingerprint density at radius 2 is 1.88 bits per heavy atom. The number of hydrogen-bond acceptors (Lipinski definition) is 9. The Balaban J connectivity index is 1.55. The van der Waals surface area contributed by atoms with Gasteiger partial charge in [0.25, 0.3) is 0 Å². The summed E-state index contributed by atoms with van der Waals surface area (Å²) in [5.41, 5.74) is 2.04. The highest BCUT2D eigenvalue weighted by Gasteiger charge is 2.23. The summed E-state index contributed by atoms with van der Waals surface area (Å²) in [5, 5.41) is 4.94. The molecule has 0 atom stereocenters. The van der Waals surface area contributed by atoms with Crippen molar-refractivity contribution >= 4 is 40.4 Å². The molecule has 4 rings (SSSR count). The van der Waals surface area contributed by atoms with Gasteiger partial charge < -0.3 is 19.9 Å². The molecule has 0 spiro atoms. The van der Waals surface area contributed by atoms with Gasteiger partial charge >= 0.3 is 5.97 Å². The fraction of sp³-hybridized carbons (Fsp3) is 0.304. The molecule has 32 heavy (non-hydrogen) atoms. The number of esters is 1. The molecular weight excluding hydrogens is 426 g/mol. The molecule has 1 aromatic carbocycles. The first-order valence-electron chi connectivity index (χ1n) is 10.5. The van der Waals surface area contributed by atoms with Gasteiger partial charge in [0.05, 0.1) is 11.5 Å². The number of nitrogens with zero attached hydrogens (tertiary/aromatic N) is 4. The van der Waals surface area contributed by atoms with E-state index in [1.807, 2.05) is 12.1 Å². The predicted molar refractivity (Wildman–Crippen MR) is 125 cm³/mol. The number of likely N-dealkylation sites (N-methyl/N-ethyl adjacent to an activating group) is 1. The monoisotopic (exact) mass is 451 g/mol. The Hall–Kier alpha value is -3.30. The van der Waals surface area contributed by atoms with Gasteiger partial charge in [-0.05, 0) is 49.7 Å². The van der Waals surface area contributed by atoms with Gasteiger partial charge in [-0.3, -0.25) is 4.79 Å². The molecule has 0 radical (unpaired) electrons. The topological polar surface area (TPSA) is 87.7 Å². The van der Waals surface area contributed by atoms with Crippen LogP contribution in [-0.4, -0.2) is 66.5 Å². The van der Waals surface area contributed by atoms with Gasteiger partial charge in [-0.1, -0.05) is 6.07 Å². The lowest BCUT2D eigenvalue weighted by Gasteiger charge is -2.34. The van der Waals surface area contributed by atoms with Gasteiger partial charge in [0.15, 0.2) is 0 Å². The Bertz CT molecular complexity index is 1080. The van der Waals surface area contributed by atoms with Crippen molar-refractivity contribution in [1.29, 1.82) is 0 Å². The Morgan fingerprint density at radius 1 is 1.12 bits per heavy atom. The van der Waals surface area contributed by atoms with E-state index in [9.17, 15) is 9.59 Å². The molecule has 0 aliphatic carbocycles. The molecule has 2 aromatic heterocycles. The molecule has 0 amide bonds. The molecule has 1 aliphatic rings. The van der Waals surface area contributed by atoms with Crippen LogP contribution in [0.1, 0.15) is 32.6 Å². The van der Waals surface area contributed by atoms with Gasteiger partial charge in [-0.25, -0.2) is 14.8 Å². The molecule has 0 bridgehead atoms. The number of carbonyl (C=O) groups is 2. The zero-order valence-corrected chi connectivity index (χ0v) is 18.9. The molecule has 1 aliphatic heterocycles. The number of aromatic nitrogens is 2. The summed E-state index contributed by atoms with van der Waals surface area (Å²) in [6.45, 7) is 5.99. The molecule has 1 fully saturated rings. The van der Waals surface area contributed by atoms with E-state index < -0.39 is 5.97 Å².